The molecule has 18 heavy (non-hydrogen) atoms. The van der Waals surface area contributed by atoms with E-state index in [0.717, 1.165) is 30.2 Å². The SMILES string of the molecule is COCCOCCOCCCc1nc(CCl)cs1. The minimum atomic E-state index is 0.492. The van der Waals surface area contributed by atoms with Gasteiger partial charge < -0.3 is 14.2 Å². The van der Waals surface area contributed by atoms with Gasteiger partial charge in [0.25, 0.3) is 0 Å². The molecule has 0 atom stereocenters. The molecule has 0 N–H and O–H groups in total. The van der Waals surface area contributed by atoms with Gasteiger partial charge in [0.2, 0.25) is 0 Å². The number of hydrogen-bond donors (Lipinski definition) is 0. The van der Waals surface area contributed by atoms with E-state index in [4.69, 9.17) is 25.8 Å². The Morgan fingerprint density at radius 3 is 2.56 bits per heavy atom. The van der Waals surface area contributed by atoms with Crippen molar-refractivity contribution < 1.29 is 14.2 Å². The van der Waals surface area contributed by atoms with Crippen molar-refractivity contribution >= 4 is 22.9 Å². The number of rotatable bonds is 11. The Labute approximate surface area is 117 Å². The Balaban J connectivity index is 1.89. The van der Waals surface area contributed by atoms with Gasteiger partial charge in [0.15, 0.2) is 0 Å². The van der Waals surface area contributed by atoms with Crippen molar-refractivity contribution in [2.75, 3.05) is 40.1 Å². The predicted molar refractivity (Wildman–Crippen MR) is 73.5 cm³/mol. The number of thiazole rings is 1. The Hall–Kier alpha value is -0.200. The zero-order chi connectivity index (χ0) is 13.1. The normalized spacial score (nSPS) is 11.0. The van der Waals surface area contributed by atoms with Crippen molar-refractivity contribution in [3.05, 3.63) is 16.1 Å². The van der Waals surface area contributed by atoms with Crippen LogP contribution in [-0.4, -0.2) is 45.1 Å². The molecule has 0 bridgehead atoms. The van der Waals surface area contributed by atoms with Gasteiger partial charge in [-0.15, -0.1) is 22.9 Å². The van der Waals surface area contributed by atoms with E-state index in [1.165, 1.54) is 0 Å². The predicted octanol–water partition coefficient (Wildman–Crippen LogP) is 2.49. The molecule has 1 rings (SSSR count). The summed E-state index contributed by atoms with van der Waals surface area (Å²) in [4.78, 5) is 4.39. The summed E-state index contributed by atoms with van der Waals surface area (Å²) in [6.07, 6.45) is 1.93. The molecule has 104 valence electrons. The third kappa shape index (κ3) is 7.28. The third-order valence-electron chi connectivity index (χ3n) is 2.22. The van der Waals surface area contributed by atoms with Crippen molar-refractivity contribution in [2.45, 2.75) is 18.7 Å². The van der Waals surface area contributed by atoms with Gasteiger partial charge in [-0.1, -0.05) is 0 Å². The molecule has 6 heteroatoms. The molecule has 0 spiro atoms. The average molecular weight is 294 g/mol. The standard InChI is InChI=1S/C12H20ClNO3S/c1-15-5-6-17-8-7-16-4-2-3-12-14-11(9-13)10-18-12/h10H,2-9H2,1H3. The molecule has 1 heterocycles. The summed E-state index contributed by atoms with van der Waals surface area (Å²) in [5, 5.41) is 3.14. The van der Waals surface area contributed by atoms with E-state index >= 15 is 0 Å². The molecule has 0 radical (unpaired) electrons. The molecular weight excluding hydrogens is 274 g/mol. The summed E-state index contributed by atoms with van der Waals surface area (Å²) in [6, 6.07) is 0. The first-order valence-corrected chi connectivity index (χ1v) is 7.42. The van der Waals surface area contributed by atoms with Crippen LogP contribution in [0.3, 0.4) is 0 Å². The van der Waals surface area contributed by atoms with E-state index < -0.39 is 0 Å². The lowest BCUT2D eigenvalue weighted by atomic mass is 10.3. The molecule has 0 saturated heterocycles. The van der Waals surface area contributed by atoms with E-state index in [9.17, 15) is 0 Å². The van der Waals surface area contributed by atoms with Crippen LogP contribution in [0, 0.1) is 0 Å². The molecule has 0 aliphatic carbocycles. The topological polar surface area (TPSA) is 40.6 Å². The van der Waals surface area contributed by atoms with Crippen LogP contribution in [0.15, 0.2) is 5.38 Å². The van der Waals surface area contributed by atoms with Crippen LogP contribution in [0.2, 0.25) is 0 Å². The van der Waals surface area contributed by atoms with Crippen LogP contribution >= 0.6 is 22.9 Å². The van der Waals surface area contributed by atoms with Crippen molar-refractivity contribution in [1.82, 2.24) is 4.98 Å². The highest BCUT2D eigenvalue weighted by Gasteiger charge is 2.00. The largest absolute Gasteiger partial charge is 0.382 e. The maximum absolute atomic E-state index is 5.69. The van der Waals surface area contributed by atoms with Gasteiger partial charge in [-0.05, 0) is 6.42 Å². The second kappa shape index (κ2) is 10.7. The first-order valence-electron chi connectivity index (χ1n) is 6.00. The lowest BCUT2D eigenvalue weighted by Gasteiger charge is -2.04. The molecule has 0 aliphatic rings. The molecule has 1 aromatic rings. The summed E-state index contributed by atoms with van der Waals surface area (Å²) < 4.78 is 15.6. The van der Waals surface area contributed by atoms with Crippen molar-refractivity contribution in [1.29, 1.82) is 0 Å². The van der Waals surface area contributed by atoms with E-state index in [2.05, 4.69) is 4.98 Å². The number of methoxy groups -OCH3 is 1. The van der Waals surface area contributed by atoms with Gasteiger partial charge in [-0.2, -0.15) is 0 Å². The molecule has 4 nitrogen and oxygen atoms in total. The van der Waals surface area contributed by atoms with Gasteiger partial charge in [0.05, 0.1) is 43.0 Å². The van der Waals surface area contributed by atoms with E-state index in [1.54, 1.807) is 18.4 Å². The fraction of sp³-hybridized carbons (Fsp3) is 0.750. The first kappa shape index (κ1) is 15.9. The molecule has 0 unspecified atom stereocenters. The maximum atomic E-state index is 5.69. The Kier molecular flexibility index (Phi) is 9.42. The van der Waals surface area contributed by atoms with E-state index in [1.807, 2.05) is 5.38 Å². The molecule has 0 aliphatic heterocycles. The van der Waals surface area contributed by atoms with E-state index in [0.29, 0.717) is 32.3 Å². The first-order chi connectivity index (χ1) is 8.86. The van der Waals surface area contributed by atoms with Crippen LogP contribution in [0.25, 0.3) is 0 Å². The fourth-order valence-electron chi connectivity index (χ4n) is 1.31. The lowest BCUT2D eigenvalue weighted by Crippen LogP contribution is -2.09. The highest BCUT2D eigenvalue weighted by Crippen LogP contribution is 2.13. The van der Waals surface area contributed by atoms with Crippen LogP contribution in [-0.2, 0) is 26.5 Å². The van der Waals surface area contributed by atoms with Crippen molar-refractivity contribution in [3.8, 4) is 0 Å². The number of aromatic nitrogens is 1. The second-order valence-electron chi connectivity index (χ2n) is 3.69. The molecule has 0 aromatic carbocycles. The van der Waals surface area contributed by atoms with Gasteiger partial charge in [-0.3, -0.25) is 0 Å². The second-order valence-corrected chi connectivity index (χ2v) is 4.90. The maximum Gasteiger partial charge on any atom is 0.0929 e. The summed E-state index contributed by atoms with van der Waals surface area (Å²) in [5.74, 6) is 0.492. The van der Waals surface area contributed by atoms with E-state index in [-0.39, 0.29) is 0 Å². The van der Waals surface area contributed by atoms with Gasteiger partial charge in [-0.25, -0.2) is 4.98 Å². The molecule has 0 fully saturated rings. The number of aryl methyl sites for hydroxylation is 1. The van der Waals surface area contributed by atoms with Crippen molar-refractivity contribution in [2.24, 2.45) is 0 Å². The molecule has 0 saturated carbocycles. The number of ether oxygens (including phenoxy) is 3. The Morgan fingerprint density at radius 2 is 1.89 bits per heavy atom. The summed E-state index contributed by atoms with van der Waals surface area (Å²) >= 11 is 7.35. The minimum Gasteiger partial charge on any atom is -0.382 e. The van der Waals surface area contributed by atoms with Crippen molar-refractivity contribution in [3.63, 3.8) is 0 Å². The quantitative estimate of drug-likeness (QED) is 0.464. The Bertz CT molecular complexity index is 309. The van der Waals surface area contributed by atoms with Gasteiger partial charge >= 0.3 is 0 Å². The Morgan fingerprint density at radius 1 is 1.17 bits per heavy atom. The van der Waals surface area contributed by atoms with Crippen LogP contribution in [0.1, 0.15) is 17.1 Å². The summed E-state index contributed by atoms with van der Waals surface area (Å²) in [5.41, 5.74) is 0.962. The number of halogens is 1. The number of hydrogen-bond acceptors (Lipinski definition) is 5. The highest BCUT2D eigenvalue weighted by atomic mass is 35.5. The monoisotopic (exact) mass is 293 g/mol. The smallest absolute Gasteiger partial charge is 0.0929 e. The zero-order valence-corrected chi connectivity index (χ0v) is 12.3. The minimum absolute atomic E-state index is 0.492. The van der Waals surface area contributed by atoms with Crippen LogP contribution in [0.5, 0.6) is 0 Å². The highest BCUT2D eigenvalue weighted by molar-refractivity contribution is 7.09. The number of alkyl halides is 1. The number of nitrogens with zero attached hydrogens (tertiary/aromatic N) is 1. The zero-order valence-electron chi connectivity index (χ0n) is 10.7. The average Bonchev–Trinajstić information content (AvgIpc) is 2.85. The fourth-order valence-corrected chi connectivity index (χ4v) is 2.38. The van der Waals surface area contributed by atoms with Crippen LogP contribution in [0.4, 0.5) is 0 Å². The van der Waals surface area contributed by atoms with Gasteiger partial charge in [0, 0.05) is 25.5 Å². The molecule has 0 amide bonds. The van der Waals surface area contributed by atoms with Gasteiger partial charge in [0.1, 0.15) is 0 Å². The van der Waals surface area contributed by atoms with Crippen LogP contribution < -0.4 is 0 Å². The summed E-state index contributed by atoms with van der Waals surface area (Å²) in [7, 11) is 1.66. The third-order valence-corrected chi connectivity index (χ3v) is 3.45. The molecular formula is C12H20ClNO3S. The lowest BCUT2D eigenvalue weighted by molar-refractivity contribution is 0.0244. The molecule has 1 aromatic heterocycles. The summed E-state index contributed by atoms with van der Waals surface area (Å²) in [6.45, 7) is 3.25.